The van der Waals surface area contributed by atoms with Crippen molar-refractivity contribution < 1.29 is 0 Å². The van der Waals surface area contributed by atoms with E-state index in [0.717, 1.165) is 19.5 Å². The lowest BCUT2D eigenvalue weighted by Crippen LogP contribution is -2.18. The van der Waals surface area contributed by atoms with Gasteiger partial charge in [0.2, 0.25) is 0 Å². The van der Waals surface area contributed by atoms with Crippen LogP contribution in [0.3, 0.4) is 0 Å². The van der Waals surface area contributed by atoms with Gasteiger partial charge in [0.25, 0.3) is 0 Å². The average Bonchev–Trinajstić information content (AvgIpc) is 2.99. The third kappa shape index (κ3) is 3.61. The molecule has 0 fully saturated rings. The molecule has 0 aliphatic heterocycles. The Kier molecular flexibility index (Phi) is 4.17. The first-order valence-electron chi connectivity index (χ1n) is 5.93. The predicted octanol–water partition coefficient (Wildman–Crippen LogP) is 0.771. The summed E-state index contributed by atoms with van der Waals surface area (Å²) in [4.78, 5) is 0. The van der Waals surface area contributed by atoms with E-state index in [1.807, 2.05) is 10.9 Å². The second-order valence-electron chi connectivity index (χ2n) is 4.17. The van der Waals surface area contributed by atoms with E-state index in [2.05, 4.69) is 32.8 Å². The Morgan fingerprint density at radius 3 is 2.65 bits per heavy atom. The van der Waals surface area contributed by atoms with Crippen molar-refractivity contribution in [3.8, 4) is 0 Å². The van der Waals surface area contributed by atoms with Crippen LogP contribution in [0.5, 0.6) is 0 Å². The van der Waals surface area contributed by atoms with E-state index in [1.54, 1.807) is 17.2 Å². The zero-order valence-corrected chi connectivity index (χ0v) is 9.98. The summed E-state index contributed by atoms with van der Waals surface area (Å²) in [5.74, 6) is 0.486. The maximum absolute atomic E-state index is 4.00. The Morgan fingerprint density at radius 1 is 1.12 bits per heavy atom. The van der Waals surface area contributed by atoms with Crippen LogP contribution in [0.25, 0.3) is 0 Å². The molecule has 0 bridgehead atoms. The maximum Gasteiger partial charge on any atom is 0.138 e. The minimum absolute atomic E-state index is 0.486. The molecule has 0 spiro atoms. The minimum Gasteiger partial charge on any atom is -0.252 e. The van der Waals surface area contributed by atoms with Crippen LogP contribution in [0, 0.1) is 5.92 Å². The summed E-state index contributed by atoms with van der Waals surface area (Å²) >= 11 is 0. The Bertz CT molecular complexity index is 358. The normalized spacial score (nSPS) is 12.8. The fourth-order valence-electron chi connectivity index (χ4n) is 1.86. The zero-order chi connectivity index (χ0) is 11.9. The molecule has 7 nitrogen and oxygen atoms in total. The van der Waals surface area contributed by atoms with Crippen molar-refractivity contribution in [2.75, 3.05) is 0 Å². The first-order valence-corrected chi connectivity index (χ1v) is 5.93. The number of nitrogens with zero attached hydrogens (tertiary/aromatic N) is 7. The molecule has 0 N–H and O–H groups in total. The van der Waals surface area contributed by atoms with Gasteiger partial charge in [-0.2, -0.15) is 0 Å². The van der Waals surface area contributed by atoms with Gasteiger partial charge >= 0.3 is 0 Å². The zero-order valence-electron chi connectivity index (χ0n) is 9.98. The van der Waals surface area contributed by atoms with Crippen molar-refractivity contribution in [2.45, 2.75) is 39.3 Å². The highest BCUT2D eigenvalue weighted by molar-refractivity contribution is 4.68. The molecule has 1 atom stereocenters. The summed E-state index contributed by atoms with van der Waals surface area (Å²) in [6, 6.07) is 0. The topological polar surface area (TPSA) is 74.3 Å². The largest absolute Gasteiger partial charge is 0.252 e. The van der Waals surface area contributed by atoms with Gasteiger partial charge in [0, 0.05) is 19.3 Å². The highest BCUT2D eigenvalue weighted by atomic mass is 15.5. The first-order chi connectivity index (χ1) is 8.38. The van der Waals surface area contributed by atoms with Gasteiger partial charge in [-0.15, -0.1) is 10.2 Å². The molecule has 0 aliphatic carbocycles. The van der Waals surface area contributed by atoms with Crippen molar-refractivity contribution >= 4 is 0 Å². The second kappa shape index (κ2) is 6.07. The molecule has 17 heavy (non-hydrogen) atoms. The summed E-state index contributed by atoms with van der Waals surface area (Å²) in [6.07, 6.45) is 8.80. The van der Waals surface area contributed by atoms with Gasteiger partial charge in [0.15, 0.2) is 0 Å². The molecule has 0 aromatic carbocycles. The minimum atomic E-state index is 0.486. The number of hydrogen-bond acceptors (Lipinski definition) is 5. The van der Waals surface area contributed by atoms with Crippen molar-refractivity contribution in [1.29, 1.82) is 0 Å². The van der Waals surface area contributed by atoms with E-state index < -0.39 is 0 Å². The first kappa shape index (κ1) is 11.7. The Hall–Kier alpha value is -1.79. The lowest BCUT2D eigenvalue weighted by Gasteiger charge is -2.15. The SMILES string of the molecule is CCCCC(Cn1ccnn1)Cn1cnnn1. The van der Waals surface area contributed by atoms with E-state index in [-0.39, 0.29) is 0 Å². The van der Waals surface area contributed by atoms with E-state index >= 15 is 0 Å². The molecule has 2 rings (SSSR count). The van der Waals surface area contributed by atoms with Crippen LogP contribution >= 0.6 is 0 Å². The van der Waals surface area contributed by atoms with Gasteiger partial charge in [0.05, 0.1) is 6.20 Å². The monoisotopic (exact) mass is 235 g/mol. The van der Waals surface area contributed by atoms with Crippen LogP contribution in [-0.4, -0.2) is 35.2 Å². The highest BCUT2D eigenvalue weighted by Gasteiger charge is 2.11. The van der Waals surface area contributed by atoms with Crippen LogP contribution < -0.4 is 0 Å². The second-order valence-corrected chi connectivity index (χ2v) is 4.17. The summed E-state index contributed by atoms with van der Waals surface area (Å²) < 4.78 is 3.64. The number of unbranched alkanes of at least 4 members (excludes halogenated alkanes) is 1. The molecule has 0 saturated heterocycles. The van der Waals surface area contributed by atoms with Crippen molar-refractivity contribution in [3.05, 3.63) is 18.7 Å². The van der Waals surface area contributed by atoms with Gasteiger partial charge in [-0.3, -0.25) is 4.68 Å². The fourth-order valence-corrected chi connectivity index (χ4v) is 1.86. The predicted molar refractivity (Wildman–Crippen MR) is 60.9 cm³/mol. The molecule has 0 radical (unpaired) electrons. The van der Waals surface area contributed by atoms with Crippen LogP contribution in [0.4, 0.5) is 0 Å². The van der Waals surface area contributed by atoms with Gasteiger partial charge < -0.3 is 0 Å². The van der Waals surface area contributed by atoms with Gasteiger partial charge in [-0.25, -0.2) is 4.68 Å². The molecular formula is C10H17N7. The van der Waals surface area contributed by atoms with E-state index in [9.17, 15) is 0 Å². The Morgan fingerprint density at radius 2 is 2.00 bits per heavy atom. The molecule has 2 aromatic rings. The molecule has 0 aliphatic rings. The fraction of sp³-hybridized carbons (Fsp3) is 0.700. The third-order valence-corrected chi connectivity index (χ3v) is 2.72. The van der Waals surface area contributed by atoms with Crippen LogP contribution in [0.2, 0.25) is 0 Å². The van der Waals surface area contributed by atoms with Gasteiger partial charge in [-0.05, 0) is 22.8 Å². The molecule has 0 amide bonds. The van der Waals surface area contributed by atoms with Crippen LogP contribution in [0.15, 0.2) is 18.7 Å². The maximum atomic E-state index is 4.00. The summed E-state index contributed by atoms with van der Waals surface area (Å²) in [7, 11) is 0. The average molecular weight is 235 g/mol. The molecule has 2 aromatic heterocycles. The molecule has 2 heterocycles. The number of tetrazole rings is 1. The smallest absolute Gasteiger partial charge is 0.138 e. The summed E-state index contributed by atoms with van der Waals surface area (Å²) in [6.45, 7) is 3.89. The third-order valence-electron chi connectivity index (χ3n) is 2.72. The standard InChI is InChI=1S/C10H17N7/c1-2-3-4-10(7-16-6-5-11-14-16)8-17-9-12-13-15-17/h5-6,9-10H,2-4,7-8H2,1H3. The summed E-state index contributed by atoms with van der Waals surface area (Å²) in [5, 5.41) is 19.0. The van der Waals surface area contributed by atoms with Crippen LogP contribution in [-0.2, 0) is 13.1 Å². The molecular weight excluding hydrogens is 218 g/mol. The van der Waals surface area contributed by atoms with Crippen molar-refractivity contribution in [2.24, 2.45) is 5.92 Å². The lowest BCUT2D eigenvalue weighted by molar-refractivity contribution is 0.319. The molecule has 7 heteroatoms. The quantitative estimate of drug-likeness (QED) is 0.708. The molecule has 92 valence electrons. The Balaban J connectivity index is 1.92. The number of aromatic nitrogens is 7. The number of hydrogen-bond donors (Lipinski definition) is 0. The van der Waals surface area contributed by atoms with E-state index in [1.165, 1.54) is 12.8 Å². The highest BCUT2D eigenvalue weighted by Crippen LogP contribution is 2.12. The van der Waals surface area contributed by atoms with E-state index in [4.69, 9.17) is 0 Å². The Labute approximate surface area is 99.8 Å². The molecule has 1 unspecified atom stereocenters. The summed E-state index contributed by atoms with van der Waals surface area (Å²) in [5.41, 5.74) is 0. The van der Waals surface area contributed by atoms with Gasteiger partial charge in [0.1, 0.15) is 6.33 Å². The van der Waals surface area contributed by atoms with Gasteiger partial charge in [-0.1, -0.05) is 25.0 Å². The molecule has 0 saturated carbocycles. The number of rotatable bonds is 7. The van der Waals surface area contributed by atoms with Crippen molar-refractivity contribution in [1.82, 2.24) is 35.2 Å². The van der Waals surface area contributed by atoms with Crippen LogP contribution in [0.1, 0.15) is 26.2 Å². The van der Waals surface area contributed by atoms with Crippen molar-refractivity contribution in [3.63, 3.8) is 0 Å². The lowest BCUT2D eigenvalue weighted by atomic mass is 10.0. The van der Waals surface area contributed by atoms with E-state index in [0.29, 0.717) is 5.92 Å².